The van der Waals surface area contributed by atoms with Crippen molar-refractivity contribution in [3.05, 3.63) is 30.1 Å². The van der Waals surface area contributed by atoms with Gasteiger partial charge in [0.05, 0.1) is 5.52 Å². The number of aromatic nitrogens is 3. The number of ether oxygens (including phenoxy) is 1. The van der Waals surface area contributed by atoms with Crippen molar-refractivity contribution in [1.29, 1.82) is 0 Å². The number of nitrogen functional groups attached to an aromatic ring is 1. The number of nitrogens with zero attached hydrogens (tertiary/aromatic N) is 4. The van der Waals surface area contributed by atoms with E-state index in [0.29, 0.717) is 30.1 Å². The normalized spacial score (nSPS) is 20.3. The van der Waals surface area contributed by atoms with Crippen molar-refractivity contribution in [2.24, 2.45) is 0 Å². The Balaban J connectivity index is 2.06. The highest BCUT2D eigenvalue weighted by atomic mass is 16.5. The molecular weight excluding hydrogens is 382 g/mol. The van der Waals surface area contributed by atoms with E-state index in [9.17, 15) is 9.90 Å². The number of para-hydroxylation sites is 1. The van der Waals surface area contributed by atoms with Gasteiger partial charge in [0.15, 0.2) is 17.2 Å². The summed E-state index contributed by atoms with van der Waals surface area (Å²) in [5.41, 5.74) is 7.41. The van der Waals surface area contributed by atoms with Gasteiger partial charge < -0.3 is 15.6 Å². The number of aliphatic carboxylic acids is 1. The molecular formula is C22H29N5O3. The summed E-state index contributed by atoms with van der Waals surface area (Å²) in [4.78, 5) is 21.7. The van der Waals surface area contributed by atoms with E-state index in [1.165, 1.54) is 0 Å². The number of hydrogen-bond acceptors (Lipinski definition) is 6. The van der Waals surface area contributed by atoms with Crippen molar-refractivity contribution in [2.75, 3.05) is 24.4 Å². The second-order valence-corrected chi connectivity index (χ2v) is 8.17. The Morgan fingerprint density at radius 1 is 1.37 bits per heavy atom. The summed E-state index contributed by atoms with van der Waals surface area (Å²) < 4.78 is 7.79. The number of nitrogens with two attached hydrogens (primary N) is 1. The molecule has 1 aliphatic heterocycles. The third-order valence-corrected chi connectivity index (χ3v) is 6.22. The maximum absolute atomic E-state index is 12.3. The lowest BCUT2D eigenvalue weighted by Crippen LogP contribution is -2.54. The van der Waals surface area contributed by atoms with Gasteiger partial charge in [0.2, 0.25) is 0 Å². The Hall–Kier alpha value is -2.87. The average Bonchev–Trinajstić information content (AvgIpc) is 3.31. The molecule has 4 rings (SSSR count). The highest BCUT2D eigenvalue weighted by Gasteiger charge is 2.46. The van der Waals surface area contributed by atoms with Crippen molar-refractivity contribution in [3.63, 3.8) is 0 Å². The largest absolute Gasteiger partial charge is 0.479 e. The van der Waals surface area contributed by atoms with E-state index in [1.807, 2.05) is 34.0 Å². The fraction of sp³-hybridized carbons (Fsp3) is 0.500. The summed E-state index contributed by atoms with van der Waals surface area (Å²) in [6.45, 7) is 4.52. The molecule has 160 valence electrons. The number of benzene rings is 1. The second kappa shape index (κ2) is 7.75. The Labute approximate surface area is 175 Å². The standard InChI is InChI=1S/C22H29N5O3/c1-4-5-11-16(30-3)20-25-17-18(14-9-6-7-10-15(14)24-19(17)23)27(20)26-13-8-12-22(26,2)21(28)29/h6-7,9-10,16H,4-5,8,11-13H2,1-3H3,(H2,23,24)(H,28,29). The lowest BCUT2D eigenvalue weighted by atomic mass is 10.0. The van der Waals surface area contributed by atoms with Gasteiger partial charge >= 0.3 is 5.97 Å². The van der Waals surface area contributed by atoms with Crippen LogP contribution in [0.1, 0.15) is 57.9 Å². The number of unbranched alkanes of at least 4 members (excludes halogenated alkanes) is 1. The van der Waals surface area contributed by atoms with E-state index < -0.39 is 11.5 Å². The molecule has 0 radical (unpaired) electrons. The van der Waals surface area contributed by atoms with Gasteiger partial charge in [0, 0.05) is 19.0 Å². The summed E-state index contributed by atoms with van der Waals surface area (Å²) in [6.07, 6.45) is 3.88. The van der Waals surface area contributed by atoms with Crippen molar-refractivity contribution in [2.45, 2.75) is 57.6 Å². The zero-order chi connectivity index (χ0) is 21.5. The number of fused-ring (bicyclic) bond motifs is 3. The quantitative estimate of drug-likeness (QED) is 0.611. The van der Waals surface area contributed by atoms with Crippen LogP contribution in [0.2, 0.25) is 0 Å². The molecule has 1 saturated heterocycles. The number of imidazole rings is 1. The molecule has 0 aliphatic carbocycles. The zero-order valence-electron chi connectivity index (χ0n) is 17.8. The molecule has 3 aromatic rings. The predicted octanol–water partition coefficient (Wildman–Crippen LogP) is 3.62. The summed E-state index contributed by atoms with van der Waals surface area (Å²) >= 11 is 0. The lowest BCUT2D eigenvalue weighted by molar-refractivity contribution is -0.143. The Bertz CT molecular complexity index is 1100. The van der Waals surface area contributed by atoms with Gasteiger partial charge in [-0.25, -0.2) is 19.4 Å². The first-order valence-corrected chi connectivity index (χ1v) is 10.5. The molecule has 8 nitrogen and oxygen atoms in total. The lowest BCUT2D eigenvalue weighted by Gasteiger charge is -2.36. The molecule has 1 fully saturated rings. The van der Waals surface area contributed by atoms with E-state index in [1.54, 1.807) is 14.0 Å². The maximum Gasteiger partial charge on any atom is 0.330 e. The number of carbonyl (C=O) groups is 1. The van der Waals surface area contributed by atoms with Crippen molar-refractivity contribution >= 4 is 33.7 Å². The van der Waals surface area contributed by atoms with Gasteiger partial charge in [0.1, 0.15) is 17.1 Å². The summed E-state index contributed by atoms with van der Waals surface area (Å²) in [6, 6.07) is 7.75. The molecule has 2 unspecified atom stereocenters. The third kappa shape index (κ3) is 3.06. The van der Waals surface area contributed by atoms with Crippen LogP contribution >= 0.6 is 0 Å². The molecule has 0 bridgehead atoms. The number of methoxy groups -OCH3 is 1. The minimum absolute atomic E-state index is 0.269. The van der Waals surface area contributed by atoms with Gasteiger partial charge in [-0.1, -0.05) is 38.0 Å². The number of rotatable bonds is 7. The van der Waals surface area contributed by atoms with E-state index in [0.717, 1.165) is 42.1 Å². The average molecular weight is 412 g/mol. The van der Waals surface area contributed by atoms with Crippen LogP contribution < -0.4 is 10.7 Å². The summed E-state index contributed by atoms with van der Waals surface area (Å²) in [5, 5.41) is 12.9. The smallest absolute Gasteiger partial charge is 0.330 e. The fourth-order valence-corrected chi connectivity index (χ4v) is 4.49. The van der Waals surface area contributed by atoms with Crippen LogP contribution in [0.3, 0.4) is 0 Å². The third-order valence-electron chi connectivity index (χ3n) is 6.22. The highest BCUT2D eigenvalue weighted by molar-refractivity contribution is 6.07. The molecule has 1 aromatic carbocycles. The molecule has 0 spiro atoms. The van der Waals surface area contributed by atoms with Crippen molar-refractivity contribution in [1.82, 2.24) is 14.6 Å². The van der Waals surface area contributed by atoms with E-state index in [2.05, 4.69) is 11.9 Å². The van der Waals surface area contributed by atoms with E-state index >= 15 is 0 Å². The van der Waals surface area contributed by atoms with Gasteiger partial charge in [0.25, 0.3) is 0 Å². The van der Waals surface area contributed by atoms with Gasteiger partial charge in [-0.3, -0.25) is 5.01 Å². The molecule has 2 aromatic heterocycles. The molecule has 1 aliphatic rings. The van der Waals surface area contributed by atoms with Gasteiger partial charge in [-0.05, 0) is 32.3 Å². The molecule has 2 atom stereocenters. The number of hydrogen-bond donors (Lipinski definition) is 2. The van der Waals surface area contributed by atoms with E-state index in [4.69, 9.17) is 15.5 Å². The monoisotopic (exact) mass is 411 g/mol. The Morgan fingerprint density at radius 3 is 2.83 bits per heavy atom. The minimum Gasteiger partial charge on any atom is -0.479 e. The second-order valence-electron chi connectivity index (χ2n) is 8.17. The van der Waals surface area contributed by atoms with Crippen LogP contribution in [0.25, 0.3) is 21.9 Å². The maximum atomic E-state index is 12.3. The molecule has 0 saturated carbocycles. The van der Waals surface area contributed by atoms with Gasteiger partial charge in [-0.15, -0.1) is 0 Å². The van der Waals surface area contributed by atoms with Crippen LogP contribution in [0.4, 0.5) is 5.82 Å². The van der Waals surface area contributed by atoms with Crippen molar-refractivity contribution in [3.8, 4) is 0 Å². The van der Waals surface area contributed by atoms with Crippen LogP contribution in [0.5, 0.6) is 0 Å². The van der Waals surface area contributed by atoms with E-state index in [-0.39, 0.29) is 6.10 Å². The number of anilines is 1. The predicted molar refractivity (Wildman–Crippen MR) is 117 cm³/mol. The topological polar surface area (TPSA) is 107 Å². The summed E-state index contributed by atoms with van der Waals surface area (Å²) in [5.74, 6) is 0.173. The zero-order valence-corrected chi connectivity index (χ0v) is 17.8. The Morgan fingerprint density at radius 2 is 2.13 bits per heavy atom. The molecule has 3 N–H and O–H groups in total. The van der Waals surface area contributed by atoms with Crippen molar-refractivity contribution < 1.29 is 14.6 Å². The number of pyridine rings is 1. The minimum atomic E-state index is -1.04. The number of carboxylic acid groups (broad SMARTS) is 1. The fourth-order valence-electron chi connectivity index (χ4n) is 4.49. The first-order chi connectivity index (χ1) is 14.4. The Kier molecular flexibility index (Phi) is 5.27. The number of carboxylic acids is 1. The van der Waals surface area contributed by atoms with Crippen LogP contribution in [-0.4, -0.2) is 44.9 Å². The molecule has 30 heavy (non-hydrogen) atoms. The summed E-state index contributed by atoms with van der Waals surface area (Å²) in [7, 11) is 1.67. The first kappa shape index (κ1) is 20.4. The molecule has 8 heteroatoms. The first-order valence-electron chi connectivity index (χ1n) is 10.5. The van der Waals surface area contributed by atoms with Crippen LogP contribution in [0.15, 0.2) is 24.3 Å². The SMILES string of the molecule is CCCCC(OC)c1nc2c(N)nc3ccccc3c2n1N1CCCC1(C)C(=O)O. The highest BCUT2D eigenvalue weighted by Crippen LogP contribution is 2.37. The van der Waals surface area contributed by atoms with Crippen LogP contribution in [-0.2, 0) is 9.53 Å². The van der Waals surface area contributed by atoms with Crippen LogP contribution in [0, 0.1) is 0 Å². The molecule has 3 heterocycles. The van der Waals surface area contributed by atoms with Gasteiger partial charge in [-0.2, -0.15) is 0 Å². The molecule has 0 amide bonds.